The van der Waals surface area contributed by atoms with Crippen LogP contribution in [0.4, 0.5) is 5.82 Å². The number of hydrogen-bond acceptors (Lipinski definition) is 7. The van der Waals surface area contributed by atoms with E-state index in [4.69, 9.17) is 14.5 Å². The van der Waals surface area contributed by atoms with Crippen LogP contribution in [-0.2, 0) is 9.53 Å². The van der Waals surface area contributed by atoms with Crippen LogP contribution in [0.15, 0.2) is 24.4 Å². The number of rotatable bonds is 7. The van der Waals surface area contributed by atoms with Gasteiger partial charge in [0.15, 0.2) is 0 Å². The van der Waals surface area contributed by atoms with Gasteiger partial charge in [0.25, 0.3) is 0 Å². The first-order chi connectivity index (χ1) is 15.5. The molecule has 0 unspecified atom stereocenters. The lowest BCUT2D eigenvalue weighted by atomic mass is 10.00. The van der Waals surface area contributed by atoms with Crippen LogP contribution in [0.5, 0.6) is 5.88 Å². The smallest absolute Gasteiger partial charge is 0.225 e. The highest BCUT2D eigenvalue weighted by atomic mass is 16.5. The molecule has 2 fully saturated rings. The van der Waals surface area contributed by atoms with E-state index in [9.17, 15) is 10.1 Å². The third-order valence-corrected chi connectivity index (χ3v) is 6.14. The number of piperazine rings is 1. The fourth-order valence-electron chi connectivity index (χ4n) is 4.25. The van der Waals surface area contributed by atoms with E-state index < -0.39 is 0 Å². The molecule has 2 aromatic heterocycles. The summed E-state index contributed by atoms with van der Waals surface area (Å²) in [5.74, 6) is 1.79. The molecule has 2 aliphatic rings. The Balaban J connectivity index is 1.62. The maximum atomic E-state index is 12.5. The first-order valence-electron chi connectivity index (χ1n) is 11.0. The van der Waals surface area contributed by atoms with E-state index in [1.807, 2.05) is 30.0 Å². The third-order valence-electron chi connectivity index (χ3n) is 6.14. The molecule has 0 N–H and O–H groups in total. The number of carbonyl (C=O) groups excluding carboxylic acids is 1. The van der Waals surface area contributed by atoms with Crippen molar-refractivity contribution in [2.45, 2.75) is 38.1 Å². The molecule has 1 aliphatic heterocycles. The number of pyridine rings is 2. The zero-order valence-electron chi connectivity index (χ0n) is 18.9. The van der Waals surface area contributed by atoms with E-state index >= 15 is 0 Å². The molecule has 1 atom stereocenters. The molecule has 8 nitrogen and oxygen atoms in total. The maximum absolute atomic E-state index is 12.5. The van der Waals surface area contributed by atoms with E-state index in [1.54, 1.807) is 20.4 Å². The number of nitrogens with zero attached hydrogens (tertiary/aromatic N) is 5. The SMILES string of the molecule is COCCC(=O)N1CCN(c2nc(C3CC3)c(-c3ccc(OC)nc3)cc2C#N)C[C@H]1C. The minimum atomic E-state index is 0.0382. The molecule has 1 amide bonds. The van der Waals surface area contributed by atoms with Crippen molar-refractivity contribution >= 4 is 11.7 Å². The molecule has 4 rings (SSSR count). The predicted octanol–water partition coefficient (Wildman–Crippen LogP) is 2.97. The predicted molar refractivity (Wildman–Crippen MR) is 121 cm³/mol. The third kappa shape index (κ3) is 4.53. The molecule has 1 saturated carbocycles. The molecule has 2 aromatic rings. The number of methoxy groups -OCH3 is 2. The number of amides is 1. The van der Waals surface area contributed by atoms with Crippen LogP contribution < -0.4 is 9.64 Å². The lowest BCUT2D eigenvalue weighted by Crippen LogP contribution is -2.54. The second-order valence-corrected chi connectivity index (χ2v) is 8.39. The normalized spacial score (nSPS) is 18.4. The minimum absolute atomic E-state index is 0.0382. The zero-order chi connectivity index (χ0) is 22.7. The average Bonchev–Trinajstić information content (AvgIpc) is 3.67. The van der Waals surface area contributed by atoms with Crippen molar-refractivity contribution in [3.63, 3.8) is 0 Å². The fourth-order valence-corrected chi connectivity index (χ4v) is 4.25. The van der Waals surface area contributed by atoms with E-state index in [0.29, 0.717) is 50.0 Å². The Bertz CT molecular complexity index is 1010. The van der Waals surface area contributed by atoms with Gasteiger partial charge in [0.05, 0.1) is 31.4 Å². The van der Waals surface area contributed by atoms with Gasteiger partial charge in [-0.1, -0.05) is 0 Å². The lowest BCUT2D eigenvalue weighted by molar-refractivity contribution is -0.134. The summed E-state index contributed by atoms with van der Waals surface area (Å²) < 4.78 is 10.2. The number of nitriles is 1. The van der Waals surface area contributed by atoms with Gasteiger partial charge >= 0.3 is 0 Å². The zero-order valence-corrected chi connectivity index (χ0v) is 18.9. The molecule has 32 heavy (non-hydrogen) atoms. The Kier molecular flexibility index (Phi) is 6.56. The van der Waals surface area contributed by atoms with Gasteiger partial charge in [-0.2, -0.15) is 5.26 Å². The van der Waals surface area contributed by atoms with Crippen molar-refractivity contribution in [3.05, 3.63) is 35.7 Å². The Morgan fingerprint density at radius 1 is 1.28 bits per heavy atom. The summed E-state index contributed by atoms with van der Waals surface area (Å²) in [6.07, 6.45) is 4.37. The molecule has 168 valence electrons. The molecule has 8 heteroatoms. The van der Waals surface area contributed by atoms with Crippen LogP contribution in [0.3, 0.4) is 0 Å². The summed E-state index contributed by atoms with van der Waals surface area (Å²) >= 11 is 0. The molecule has 0 aromatic carbocycles. The molecule has 0 bridgehead atoms. The monoisotopic (exact) mass is 435 g/mol. The van der Waals surface area contributed by atoms with Crippen LogP contribution in [-0.4, -0.2) is 67.3 Å². The Labute approximate surface area is 188 Å². The quantitative estimate of drug-likeness (QED) is 0.660. The number of hydrogen-bond donors (Lipinski definition) is 0. The van der Waals surface area contributed by atoms with Crippen molar-refractivity contribution in [2.75, 3.05) is 45.4 Å². The maximum Gasteiger partial charge on any atom is 0.225 e. The Morgan fingerprint density at radius 2 is 2.09 bits per heavy atom. The summed E-state index contributed by atoms with van der Waals surface area (Å²) in [7, 11) is 3.19. The molecule has 0 radical (unpaired) electrons. The first kappa shape index (κ1) is 22.0. The fraction of sp³-hybridized carbons (Fsp3) is 0.500. The van der Waals surface area contributed by atoms with Crippen LogP contribution in [0, 0.1) is 11.3 Å². The van der Waals surface area contributed by atoms with Gasteiger partial charge in [0, 0.05) is 62.1 Å². The largest absolute Gasteiger partial charge is 0.481 e. The van der Waals surface area contributed by atoms with E-state index in [-0.39, 0.29) is 11.9 Å². The molecule has 3 heterocycles. The first-order valence-corrected chi connectivity index (χ1v) is 11.0. The Morgan fingerprint density at radius 3 is 2.69 bits per heavy atom. The van der Waals surface area contributed by atoms with Crippen molar-refractivity contribution in [1.29, 1.82) is 5.26 Å². The highest BCUT2D eigenvalue weighted by Gasteiger charge is 2.33. The second-order valence-electron chi connectivity index (χ2n) is 8.39. The topological polar surface area (TPSA) is 91.6 Å². The van der Waals surface area contributed by atoms with Gasteiger partial charge in [-0.15, -0.1) is 0 Å². The second kappa shape index (κ2) is 9.53. The number of aromatic nitrogens is 2. The van der Waals surface area contributed by atoms with Gasteiger partial charge in [-0.3, -0.25) is 4.79 Å². The van der Waals surface area contributed by atoms with Crippen LogP contribution in [0.25, 0.3) is 11.1 Å². The average molecular weight is 436 g/mol. The summed E-state index contributed by atoms with van der Waals surface area (Å²) in [5.41, 5.74) is 3.47. The summed E-state index contributed by atoms with van der Waals surface area (Å²) in [5, 5.41) is 9.92. The van der Waals surface area contributed by atoms with Crippen molar-refractivity contribution in [3.8, 4) is 23.1 Å². The van der Waals surface area contributed by atoms with Crippen LogP contribution in [0.1, 0.15) is 43.4 Å². The van der Waals surface area contributed by atoms with Crippen molar-refractivity contribution in [2.24, 2.45) is 0 Å². The van der Waals surface area contributed by atoms with Crippen LogP contribution in [0.2, 0.25) is 0 Å². The van der Waals surface area contributed by atoms with E-state index in [2.05, 4.69) is 16.0 Å². The van der Waals surface area contributed by atoms with E-state index in [1.165, 1.54) is 0 Å². The standard InChI is InChI=1S/C24H29N5O3/c1-16-15-28(9-10-29(16)22(30)8-11-31-2)24-19(13-25)12-20(23(27-24)17-4-5-17)18-6-7-21(32-3)26-14-18/h6-7,12,14,16-17H,4-5,8-11,15H2,1-3H3/t16-/m1/s1. The minimum Gasteiger partial charge on any atom is -0.481 e. The number of carbonyl (C=O) groups is 1. The van der Waals surface area contributed by atoms with Gasteiger partial charge < -0.3 is 19.3 Å². The van der Waals surface area contributed by atoms with Gasteiger partial charge in [-0.05, 0) is 31.9 Å². The van der Waals surface area contributed by atoms with Gasteiger partial charge in [0.2, 0.25) is 11.8 Å². The summed E-state index contributed by atoms with van der Waals surface area (Å²) in [6.45, 7) is 4.38. The Hall–Kier alpha value is -3.18. The lowest BCUT2D eigenvalue weighted by Gasteiger charge is -2.41. The van der Waals surface area contributed by atoms with Crippen LogP contribution >= 0.6 is 0 Å². The molecule has 0 spiro atoms. The van der Waals surface area contributed by atoms with E-state index in [0.717, 1.165) is 35.5 Å². The number of ether oxygens (including phenoxy) is 2. The van der Waals surface area contributed by atoms with Crippen molar-refractivity contribution < 1.29 is 14.3 Å². The highest BCUT2D eigenvalue weighted by molar-refractivity contribution is 5.77. The summed E-state index contributed by atoms with van der Waals surface area (Å²) in [6, 6.07) is 8.11. The highest BCUT2D eigenvalue weighted by Crippen LogP contribution is 2.45. The number of anilines is 1. The molecule has 1 aliphatic carbocycles. The molecular weight excluding hydrogens is 406 g/mol. The van der Waals surface area contributed by atoms with Crippen molar-refractivity contribution in [1.82, 2.24) is 14.9 Å². The van der Waals surface area contributed by atoms with Gasteiger partial charge in [-0.25, -0.2) is 9.97 Å². The van der Waals surface area contributed by atoms with Gasteiger partial charge in [0.1, 0.15) is 11.9 Å². The molecular formula is C24H29N5O3. The molecule has 1 saturated heterocycles. The summed E-state index contributed by atoms with van der Waals surface area (Å²) in [4.78, 5) is 25.9.